The van der Waals surface area contributed by atoms with Crippen LogP contribution in [0, 0.1) is 0 Å². The van der Waals surface area contributed by atoms with Crippen molar-refractivity contribution in [1.29, 1.82) is 0 Å². The van der Waals surface area contributed by atoms with Gasteiger partial charge in [0, 0.05) is 25.1 Å². The van der Waals surface area contributed by atoms with Crippen LogP contribution in [0.5, 0.6) is 0 Å². The van der Waals surface area contributed by atoms with Crippen LogP contribution in [0.2, 0.25) is 0 Å². The molecule has 1 aliphatic heterocycles. The summed E-state index contributed by atoms with van der Waals surface area (Å²) < 4.78 is 36.6. The van der Waals surface area contributed by atoms with Crippen LogP contribution >= 0.6 is 0 Å². The standard InChI is InChI=1S/C15H18F3NO/c16-15(17,18)9-5-7-12-6-1-2-8-13(12)14(20)19-10-3-4-11-19/h1-2,6,8H,3-5,7,9-11H2. The Morgan fingerprint density at radius 1 is 1.15 bits per heavy atom. The largest absolute Gasteiger partial charge is 0.389 e. The summed E-state index contributed by atoms with van der Waals surface area (Å²) in [6, 6.07) is 6.99. The van der Waals surface area contributed by atoms with Crippen molar-refractivity contribution in [2.45, 2.75) is 38.3 Å². The summed E-state index contributed by atoms with van der Waals surface area (Å²) in [7, 11) is 0. The van der Waals surface area contributed by atoms with Gasteiger partial charge in [0.2, 0.25) is 0 Å². The van der Waals surface area contributed by atoms with Crippen LogP contribution < -0.4 is 0 Å². The number of amides is 1. The summed E-state index contributed by atoms with van der Waals surface area (Å²) in [5.41, 5.74) is 1.27. The first kappa shape index (κ1) is 14.9. The van der Waals surface area contributed by atoms with Crippen LogP contribution in [0.4, 0.5) is 13.2 Å². The smallest absolute Gasteiger partial charge is 0.339 e. The van der Waals surface area contributed by atoms with E-state index in [2.05, 4.69) is 0 Å². The number of hydrogen-bond donors (Lipinski definition) is 0. The zero-order chi connectivity index (χ0) is 14.6. The molecule has 0 bridgehead atoms. The van der Waals surface area contributed by atoms with E-state index in [0.717, 1.165) is 25.9 Å². The van der Waals surface area contributed by atoms with Gasteiger partial charge >= 0.3 is 6.18 Å². The third kappa shape index (κ3) is 3.99. The van der Waals surface area contributed by atoms with Gasteiger partial charge in [-0.15, -0.1) is 0 Å². The highest BCUT2D eigenvalue weighted by molar-refractivity contribution is 5.95. The van der Waals surface area contributed by atoms with E-state index in [9.17, 15) is 18.0 Å². The molecule has 0 N–H and O–H groups in total. The van der Waals surface area contributed by atoms with Gasteiger partial charge in [-0.2, -0.15) is 13.2 Å². The third-order valence-corrected chi connectivity index (χ3v) is 3.55. The molecule has 1 aromatic carbocycles. The van der Waals surface area contributed by atoms with Gasteiger partial charge in [0.25, 0.3) is 5.91 Å². The first-order valence-electron chi connectivity index (χ1n) is 6.91. The monoisotopic (exact) mass is 285 g/mol. The lowest BCUT2D eigenvalue weighted by Gasteiger charge is -2.17. The molecule has 110 valence electrons. The molecule has 1 amide bonds. The number of hydrogen-bond acceptors (Lipinski definition) is 1. The lowest BCUT2D eigenvalue weighted by Crippen LogP contribution is -2.28. The topological polar surface area (TPSA) is 20.3 Å². The van der Waals surface area contributed by atoms with Gasteiger partial charge in [0.05, 0.1) is 0 Å². The predicted octanol–water partition coefficient (Wildman–Crippen LogP) is 3.81. The quantitative estimate of drug-likeness (QED) is 0.824. The highest BCUT2D eigenvalue weighted by Crippen LogP contribution is 2.24. The molecule has 0 aliphatic carbocycles. The molecule has 1 aromatic rings. The maximum absolute atomic E-state index is 12.3. The highest BCUT2D eigenvalue weighted by atomic mass is 19.4. The number of likely N-dealkylation sites (tertiary alicyclic amines) is 1. The van der Waals surface area contributed by atoms with Gasteiger partial charge in [-0.3, -0.25) is 4.79 Å². The summed E-state index contributed by atoms with van der Waals surface area (Å²) in [6.45, 7) is 1.49. The molecule has 1 fully saturated rings. The Labute approximate surface area is 116 Å². The van der Waals surface area contributed by atoms with Crippen molar-refractivity contribution in [3.05, 3.63) is 35.4 Å². The van der Waals surface area contributed by atoms with Crippen molar-refractivity contribution in [3.63, 3.8) is 0 Å². The molecule has 0 saturated carbocycles. The summed E-state index contributed by atoms with van der Waals surface area (Å²) in [5, 5.41) is 0. The van der Waals surface area contributed by atoms with Crippen LogP contribution in [-0.4, -0.2) is 30.1 Å². The number of carbonyl (C=O) groups excluding carboxylic acids is 1. The van der Waals surface area contributed by atoms with Crippen molar-refractivity contribution in [2.75, 3.05) is 13.1 Å². The van der Waals surface area contributed by atoms with Crippen molar-refractivity contribution in [3.8, 4) is 0 Å². The Morgan fingerprint density at radius 2 is 1.80 bits per heavy atom. The second-order valence-corrected chi connectivity index (χ2v) is 5.13. The van der Waals surface area contributed by atoms with Crippen molar-refractivity contribution in [1.82, 2.24) is 4.90 Å². The van der Waals surface area contributed by atoms with E-state index in [1.165, 1.54) is 0 Å². The van der Waals surface area contributed by atoms with Crippen LogP contribution in [0.15, 0.2) is 24.3 Å². The van der Waals surface area contributed by atoms with Crippen molar-refractivity contribution >= 4 is 5.91 Å². The molecule has 2 nitrogen and oxygen atoms in total. The maximum Gasteiger partial charge on any atom is 0.389 e. The van der Waals surface area contributed by atoms with E-state index in [0.29, 0.717) is 11.1 Å². The molecule has 2 rings (SSSR count). The van der Waals surface area contributed by atoms with E-state index >= 15 is 0 Å². The molecule has 0 unspecified atom stereocenters. The average Bonchev–Trinajstić information content (AvgIpc) is 2.91. The van der Waals surface area contributed by atoms with E-state index in [1.807, 2.05) is 0 Å². The van der Waals surface area contributed by atoms with Crippen LogP contribution in [0.3, 0.4) is 0 Å². The molecule has 0 spiro atoms. The predicted molar refractivity (Wildman–Crippen MR) is 70.6 cm³/mol. The SMILES string of the molecule is O=C(c1ccccc1CCCC(F)(F)F)N1CCCC1. The van der Waals surface area contributed by atoms with E-state index < -0.39 is 12.6 Å². The zero-order valence-electron chi connectivity index (χ0n) is 11.2. The first-order valence-corrected chi connectivity index (χ1v) is 6.91. The minimum atomic E-state index is -4.13. The summed E-state index contributed by atoms with van der Waals surface area (Å²) in [4.78, 5) is 14.1. The Kier molecular flexibility index (Phi) is 4.68. The van der Waals surface area contributed by atoms with Gasteiger partial charge < -0.3 is 4.90 Å². The minimum Gasteiger partial charge on any atom is -0.339 e. The van der Waals surface area contributed by atoms with Crippen LogP contribution in [0.1, 0.15) is 41.6 Å². The van der Waals surface area contributed by atoms with E-state index in [1.54, 1.807) is 29.2 Å². The fourth-order valence-corrected chi connectivity index (χ4v) is 2.52. The number of carbonyl (C=O) groups is 1. The molecule has 0 atom stereocenters. The lowest BCUT2D eigenvalue weighted by atomic mass is 10.0. The normalized spacial score (nSPS) is 15.7. The number of aryl methyl sites for hydroxylation is 1. The van der Waals surface area contributed by atoms with Crippen molar-refractivity contribution < 1.29 is 18.0 Å². The number of nitrogens with zero attached hydrogens (tertiary/aromatic N) is 1. The number of halogens is 3. The van der Waals surface area contributed by atoms with E-state index in [4.69, 9.17) is 0 Å². The molecule has 0 aromatic heterocycles. The fourth-order valence-electron chi connectivity index (χ4n) is 2.52. The molecule has 1 heterocycles. The number of rotatable bonds is 4. The molecular formula is C15H18F3NO. The number of alkyl halides is 3. The Bertz CT molecular complexity index is 464. The van der Waals surface area contributed by atoms with Gasteiger partial charge in [0.15, 0.2) is 0 Å². The Hall–Kier alpha value is -1.52. The Balaban J connectivity index is 2.04. The van der Waals surface area contributed by atoms with Crippen LogP contribution in [-0.2, 0) is 6.42 Å². The van der Waals surface area contributed by atoms with Gasteiger partial charge in [-0.25, -0.2) is 0 Å². The lowest BCUT2D eigenvalue weighted by molar-refractivity contribution is -0.135. The van der Waals surface area contributed by atoms with Crippen molar-refractivity contribution in [2.24, 2.45) is 0 Å². The summed E-state index contributed by atoms with van der Waals surface area (Å²) in [6.07, 6.45) is -2.62. The molecule has 20 heavy (non-hydrogen) atoms. The minimum absolute atomic E-state index is 0.0216. The molecular weight excluding hydrogens is 267 g/mol. The van der Waals surface area contributed by atoms with Gasteiger partial charge in [0.1, 0.15) is 0 Å². The average molecular weight is 285 g/mol. The maximum atomic E-state index is 12.3. The second-order valence-electron chi connectivity index (χ2n) is 5.13. The number of benzene rings is 1. The van der Waals surface area contributed by atoms with Crippen LogP contribution in [0.25, 0.3) is 0 Å². The molecule has 1 aliphatic rings. The zero-order valence-corrected chi connectivity index (χ0v) is 11.2. The van der Waals surface area contributed by atoms with Gasteiger partial charge in [-0.05, 0) is 37.3 Å². The Morgan fingerprint density at radius 3 is 2.45 bits per heavy atom. The fraction of sp³-hybridized carbons (Fsp3) is 0.533. The van der Waals surface area contributed by atoms with E-state index in [-0.39, 0.29) is 18.7 Å². The second kappa shape index (κ2) is 6.29. The summed E-state index contributed by atoms with van der Waals surface area (Å²) in [5.74, 6) is -0.0508. The summed E-state index contributed by atoms with van der Waals surface area (Å²) >= 11 is 0. The molecule has 0 radical (unpaired) electrons. The first-order chi connectivity index (χ1) is 9.47. The van der Waals surface area contributed by atoms with Gasteiger partial charge in [-0.1, -0.05) is 18.2 Å². The molecule has 1 saturated heterocycles. The third-order valence-electron chi connectivity index (χ3n) is 3.55. The highest BCUT2D eigenvalue weighted by Gasteiger charge is 2.27. The molecule has 5 heteroatoms.